The van der Waals surface area contributed by atoms with E-state index in [0.717, 1.165) is 12.3 Å². The van der Waals surface area contributed by atoms with Crippen LogP contribution < -0.4 is 5.73 Å². The zero-order valence-electron chi connectivity index (χ0n) is 10.8. The third-order valence-corrected chi connectivity index (χ3v) is 3.94. The van der Waals surface area contributed by atoms with Crippen molar-refractivity contribution in [3.63, 3.8) is 0 Å². The lowest BCUT2D eigenvalue weighted by Crippen LogP contribution is -2.04. The van der Waals surface area contributed by atoms with Crippen molar-refractivity contribution in [3.05, 3.63) is 48.0 Å². The third-order valence-electron chi connectivity index (χ3n) is 2.91. The minimum atomic E-state index is 0.0896. The standard InChI is InChI=1S/C14H19N3S/c1-3-17-10-16-8-13(17)9-18-14-6-4-5-12(7-14)11(2)15/h4-8,10-11H,3,9,15H2,1-2H3. The molecule has 0 aliphatic heterocycles. The van der Waals surface area contributed by atoms with Crippen LogP contribution >= 0.6 is 11.8 Å². The lowest BCUT2D eigenvalue weighted by atomic mass is 10.1. The second-order valence-electron chi connectivity index (χ2n) is 4.32. The summed E-state index contributed by atoms with van der Waals surface area (Å²) in [6, 6.07) is 8.53. The van der Waals surface area contributed by atoms with Crippen LogP contribution in [0.3, 0.4) is 0 Å². The lowest BCUT2D eigenvalue weighted by Gasteiger charge is -2.08. The van der Waals surface area contributed by atoms with Crippen LogP contribution in [0.4, 0.5) is 0 Å². The van der Waals surface area contributed by atoms with Gasteiger partial charge in [-0.2, -0.15) is 0 Å². The first-order valence-electron chi connectivity index (χ1n) is 6.18. The first kappa shape index (κ1) is 13.2. The van der Waals surface area contributed by atoms with E-state index in [2.05, 4.69) is 40.7 Å². The molecule has 0 fully saturated rings. The van der Waals surface area contributed by atoms with Crippen molar-refractivity contribution in [2.24, 2.45) is 5.73 Å². The van der Waals surface area contributed by atoms with Crippen LogP contribution in [0.15, 0.2) is 41.7 Å². The van der Waals surface area contributed by atoms with Gasteiger partial charge in [-0.15, -0.1) is 11.8 Å². The minimum absolute atomic E-state index is 0.0896. The molecule has 0 aliphatic rings. The molecule has 3 nitrogen and oxygen atoms in total. The summed E-state index contributed by atoms with van der Waals surface area (Å²) in [5.74, 6) is 0.941. The molecule has 0 aliphatic carbocycles. The Morgan fingerprint density at radius 3 is 3.00 bits per heavy atom. The van der Waals surface area contributed by atoms with Gasteiger partial charge in [0.1, 0.15) is 0 Å². The molecular weight excluding hydrogens is 242 g/mol. The largest absolute Gasteiger partial charge is 0.334 e. The smallest absolute Gasteiger partial charge is 0.0948 e. The summed E-state index contributed by atoms with van der Waals surface area (Å²) in [6.45, 7) is 5.11. The quantitative estimate of drug-likeness (QED) is 0.840. The number of imidazole rings is 1. The third kappa shape index (κ3) is 3.15. The zero-order chi connectivity index (χ0) is 13.0. The van der Waals surface area contributed by atoms with Crippen molar-refractivity contribution in [2.45, 2.75) is 37.1 Å². The van der Waals surface area contributed by atoms with Gasteiger partial charge in [0.25, 0.3) is 0 Å². The molecule has 1 aromatic carbocycles. The number of hydrogen-bond donors (Lipinski definition) is 1. The van der Waals surface area contributed by atoms with Gasteiger partial charge in [-0.05, 0) is 31.5 Å². The number of nitrogens with two attached hydrogens (primary N) is 1. The van der Waals surface area contributed by atoms with Gasteiger partial charge in [-0.1, -0.05) is 12.1 Å². The van der Waals surface area contributed by atoms with E-state index in [-0.39, 0.29) is 6.04 Å². The number of thioether (sulfide) groups is 1. The van der Waals surface area contributed by atoms with Gasteiger partial charge in [0, 0.05) is 35.1 Å². The van der Waals surface area contributed by atoms with E-state index in [0.29, 0.717) is 0 Å². The molecule has 0 saturated carbocycles. The molecule has 96 valence electrons. The molecule has 0 radical (unpaired) electrons. The molecule has 1 atom stereocenters. The average Bonchev–Trinajstić information content (AvgIpc) is 2.84. The Labute approximate surface area is 112 Å². The van der Waals surface area contributed by atoms with E-state index < -0.39 is 0 Å². The molecule has 1 aromatic heterocycles. The fourth-order valence-corrected chi connectivity index (χ4v) is 2.75. The van der Waals surface area contributed by atoms with Gasteiger partial charge < -0.3 is 10.3 Å². The maximum atomic E-state index is 5.90. The second kappa shape index (κ2) is 6.07. The summed E-state index contributed by atoms with van der Waals surface area (Å²) in [4.78, 5) is 5.44. The molecular formula is C14H19N3S. The highest BCUT2D eigenvalue weighted by molar-refractivity contribution is 7.98. The summed E-state index contributed by atoms with van der Waals surface area (Å²) in [7, 11) is 0. The van der Waals surface area contributed by atoms with Crippen LogP contribution in [0.2, 0.25) is 0 Å². The van der Waals surface area contributed by atoms with Crippen molar-refractivity contribution < 1.29 is 0 Å². The summed E-state index contributed by atoms with van der Waals surface area (Å²) < 4.78 is 2.17. The molecule has 0 amide bonds. The first-order chi connectivity index (χ1) is 8.70. The van der Waals surface area contributed by atoms with E-state index in [9.17, 15) is 0 Å². The SMILES string of the molecule is CCn1cncc1CSc1cccc(C(C)N)c1. The van der Waals surface area contributed by atoms with E-state index in [1.807, 2.05) is 31.2 Å². The summed E-state index contributed by atoms with van der Waals surface area (Å²) >= 11 is 1.82. The van der Waals surface area contributed by atoms with Gasteiger partial charge in [0.2, 0.25) is 0 Å². The highest BCUT2D eigenvalue weighted by Gasteiger charge is 2.04. The first-order valence-corrected chi connectivity index (χ1v) is 7.16. The van der Waals surface area contributed by atoms with Gasteiger partial charge in [-0.3, -0.25) is 0 Å². The topological polar surface area (TPSA) is 43.8 Å². The van der Waals surface area contributed by atoms with Crippen LogP contribution in [-0.2, 0) is 12.3 Å². The highest BCUT2D eigenvalue weighted by atomic mass is 32.2. The van der Waals surface area contributed by atoms with Crippen LogP contribution in [0.25, 0.3) is 0 Å². The zero-order valence-corrected chi connectivity index (χ0v) is 11.7. The second-order valence-corrected chi connectivity index (χ2v) is 5.37. The molecule has 1 heterocycles. The van der Waals surface area contributed by atoms with Crippen molar-refractivity contribution in [1.82, 2.24) is 9.55 Å². The fourth-order valence-electron chi connectivity index (χ4n) is 1.80. The van der Waals surface area contributed by atoms with Crippen LogP contribution in [0.1, 0.15) is 31.1 Å². The van der Waals surface area contributed by atoms with E-state index in [4.69, 9.17) is 5.73 Å². The van der Waals surface area contributed by atoms with Gasteiger partial charge in [0.15, 0.2) is 0 Å². The van der Waals surface area contributed by atoms with Crippen molar-refractivity contribution in [3.8, 4) is 0 Å². The predicted molar refractivity (Wildman–Crippen MR) is 76.5 cm³/mol. The lowest BCUT2D eigenvalue weighted by molar-refractivity contribution is 0.734. The molecule has 2 N–H and O–H groups in total. The number of rotatable bonds is 5. The maximum Gasteiger partial charge on any atom is 0.0948 e. The Balaban J connectivity index is 2.04. The number of benzene rings is 1. The molecule has 0 saturated heterocycles. The van der Waals surface area contributed by atoms with Crippen molar-refractivity contribution in [1.29, 1.82) is 0 Å². The monoisotopic (exact) mass is 261 g/mol. The Morgan fingerprint density at radius 2 is 2.28 bits per heavy atom. The van der Waals surface area contributed by atoms with Crippen LogP contribution in [-0.4, -0.2) is 9.55 Å². The van der Waals surface area contributed by atoms with Gasteiger partial charge in [0.05, 0.1) is 6.33 Å². The van der Waals surface area contributed by atoms with E-state index in [1.165, 1.54) is 16.2 Å². The van der Waals surface area contributed by atoms with Gasteiger partial charge in [-0.25, -0.2) is 4.98 Å². The molecule has 18 heavy (non-hydrogen) atoms. The molecule has 2 aromatic rings. The summed E-state index contributed by atoms with van der Waals surface area (Å²) in [6.07, 6.45) is 3.82. The maximum absolute atomic E-state index is 5.90. The molecule has 1 unspecified atom stereocenters. The Morgan fingerprint density at radius 1 is 1.44 bits per heavy atom. The molecule has 2 rings (SSSR count). The molecule has 4 heteroatoms. The molecule has 0 spiro atoms. The molecule has 0 bridgehead atoms. The number of aryl methyl sites for hydroxylation is 1. The summed E-state index contributed by atoms with van der Waals surface area (Å²) in [5.41, 5.74) is 8.34. The van der Waals surface area contributed by atoms with E-state index >= 15 is 0 Å². The fraction of sp³-hybridized carbons (Fsp3) is 0.357. The number of hydrogen-bond acceptors (Lipinski definition) is 3. The van der Waals surface area contributed by atoms with Crippen LogP contribution in [0.5, 0.6) is 0 Å². The number of aromatic nitrogens is 2. The van der Waals surface area contributed by atoms with E-state index in [1.54, 1.807) is 0 Å². The van der Waals surface area contributed by atoms with Crippen molar-refractivity contribution in [2.75, 3.05) is 0 Å². The Kier molecular flexibility index (Phi) is 4.44. The average molecular weight is 261 g/mol. The highest BCUT2D eigenvalue weighted by Crippen LogP contribution is 2.25. The predicted octanol–water partition coefficient (Wildman–Crippen LogP) is 3.22. The Hall–Kier alpha value is -1.26. The van der Waals surface area contributed by atoms with Gasteiger partial charge >= 0.3 is 0 Å². The van der Waals surface area contributed by atoms with Crippen LogP contribution in [0, 0.1) is 0 Å². The number of nitrogens with zero attached hydrogens (tertiary/aromatic N) is 2. The summed E-state index contributed by atoms with van der Waals surface area (Å²) in [5, 5.41) is 0. The normalized spacial score (nSPS) is 12.6. The minimum Gasteiger partial charge on any atom is -0.334 e. The van der Waals surface area contributed by atoms with Crippen molar-refractivity contribution >= 4 is 11.8 Å². The Bertz CT molecular complexity index is 505.